The molecule has 4 aromatic rings. The fourth-order valence-corrected chi connectivity index (χ4v) is 3.11. The second-order valence-corrected chi connectivity index (χ2v) is 6.98. The summed E-state index contributed by atoms with van der Waals surface area (Å²) in [4.78, 5) is 23.3. The third kappa shape index (κ3) is 4.37. The smallest absolute Gasteiger partial charge is 0.294 e. The third-order valence-corrected chi connectivity index (χ3v) is 4.79. The Morgan fingerprint density at radius 3 is 2.85 bits per heavy atom. The molecule has 0 unspecified atom stereocenters. The summed E-state index contributed by atoms with van der Waals surface area (Å²) in [5, 5.41) is 30.0. The standard InChI is InChI=1S/C19H14ClN9O5/c1-33-12-4-2-3-11(8-12)16-15(23-27-28(16)18-17(21)25-34-26-18)19(30)24-22-9-10-5-6-13(20)14(7-10)29(31)32/h2-9H,1H3,(H2,21,25)(H,24,30)/b22-9+. The van der Waals surface area contributed by atoms with Crippen molar-refractivity contribution >= 4 is 35.2 Å². The molecular weight excluding hydrogens is 470 g/mol. The number of carbonyl (C=O) groups is 1. The largest absolute Gasteiger partial charge is 0.497 e. The van der Waals surface area contributed by atoms with E-state index in [0.29, 0.717) is 16.9 Å². The molecule has 0 saturated heterocycles. The van der Waals surface area contributed by atoms with Crippen molar-refractivity contribution in [3.8, 4) is 22.8 Å². The highest BCUT2D eigenvalue weighted by atomic mass is 35.5. The van der Waals surface area contributed by atoms with E-state index in [1.807, 2.05) is 0 Å². The van der Waals surface area contributed by atoms with Gasteiger partial charge in [0.25, 0.3) is 11.6 Å². The van der Waals surface area contributed by atoms with Crippen molar-refractivity contribution in [3.05, 3.63) is 68.9 Å². The van der Waals surface area contributed by atoms with Crippen LogP contribution >= 0.6 is 11.6 Å². The van der Waals surface area contributed by atoms with Crippen LogP contribution in [0.1, 0.15) is 16.1 Å². The number of ether oxygens (including phenoxy) is 1. The van der Waals surface area contributed by atoms with Crippen LogP contribution in [0.25, 0.3) is 17.1 Å². The Hall–Kier alpha value is -4.85. The molecule has 4 rings (SSSR count). The molecule has 0 bridgehead atoms. The molecule has 0 fully saturated rings. The minimum atomic E-state index is -0.723. The quantitative estimate of drug-likeness (QED) is 0.224. The summed E-state index contributed by atoms with van der Waals surface area (Å²) in [5.41, 5.74) is 8.76. The Kier molecular flexibility index (Phi) is 6.13. The van der Waals surface area contributed by atoms with E-state index in [-0.39, 0.29) is 33.7 Å². The van der Waals surface area contributed by atoms with Crippen LogP contribution in [0.5, 0.6) is 5.75 Å². The molecule has 0 aliphatic carbocycles. The summed E-state index contributed by atoms with van der Waals surface area (Å²) in [6.45, 7) is 0. The number of nitrogen functional groups attached to an aromatic ring is 1. The van der Waals surface area contributed by atoms with E-state index in [0.717, 1.165) is 0 Å². The average Bonchev–Trinajstić information content (AvgIpc) is 3.45. The molecule has 0 radical (unpaired) electrons. The van der Waals surface area contributed by atoms with Gasteiger partial charge in [0, 0.05) is 17.2 Å². The lowest BCUT2D eigenvalue weighted by atomic mass is 10.1. The van der Waals surface area contributed by atoms with Gasteiger partial charge in [-0.2, -0.15) is 9.78 Å². The van der Waals surface area contributed by atoms with Gasteiger partial charge in [0.2, 0.25) is 11.6 Å². The Balaban J connectivity index is 1.67. The molecule has 2 aromatic heterocycles. The van der Waals surface area contributed by atoms with Crippen LogP contribution in [0, 0.1) is 10.1 Å². The average molecular weight is 484 g/mol. The number of hydrogen-bond donors (Lipinski definition) is 2. The molecule has 2 heterocycles. The Morgan fingerprint density at radius 1 is 1.32 bits per heavy atom. The maximum absolute atomic E-state index is 12.9. The number of nitrogens with two attached hydrogens (primary N) is 1. The van der Waals surface area contributed by atoms with Gasteiger partial charge in [-0.05, 0) is 28.5 Å². The van der Waals surface area contributed by atoms with Gasteiger partial charge in [-0.1, -0.05) is 35.0 Å². The Bertz CT molecular complexity index is 1410. The zero-order valence-electron chi connectivity index (χ0n) is 17.2. The lowest BCUT2D eigenvalue weighted by Gasteiger charge is -2.07. The number of carbonyl (C=O) groups excluding carboxylic acids is 1. The van der Waals surface area contributed by atoms with Gasteiger partial charge in [-0.15, -0.1) is 5.10 Å². The number of nitro benzene ring substituents is 1. The molecule has 0 atom stereocenters. The van der Waals surface area contributed by atoms with Gasteiger partial charge in [0.1, 0.15) is 16.5 Å². The third-order valence-electron chi connectivity index (χ3n) is 4.47. The van der Waals surface area contributed by atoms with Crippen molar-refractivity contribution in [1.29, 1.82) is 0 Å². The number of halogens is 1. The van der Waals surface area contributed by atoms with E-state index in [1.54, 1.807) is 24.3 Å². The molecular formula is C19H14ClN9O5. The minimum Gasteiger partial charge on any atom is -0.497 e. The fraction of sp³-hybridized carbons (Fsp3) is 0.0526. The van der Waals surface area contributed by atoms with Crippen molar-refractivity contribution in [3.63, 3.8) is 0 Å². The number of rotatable bonds is 7. The van der Waals surface area contributed by atoms with Crippen LogP contribution in [0.15, 0.2) is 52.2 Å². The van der Waals surface area contributed by atoms with Crippen molar-refractivity contribution < 1.29 is 19.1 Å². The topological polar surface area (TPSA) is 189 Å². The number of aromatic nitrogens is 5. The van der Waals surface area contributed by atoms with Crippen LogP contribution < -0.4 is 15.9 Å². The van der Waals surface area contributed by atoms with Crippen LogP contribution in [0.2, 0.25) is 5.02 Å². The number of nitrogens with one attached hydrogen (secondary N) is 1. The number of hydrogen-bond acceptors (Lipinski definition) is 11. The van der Waals surface area contributed by atoms with Crippen LogP contribution in [0.3, 0.4) is 0 Å². The molecule has 14 nitrogen and oxygen atoms in total. The molecule has 0 aliphatic heterocycles. The number of methoxy groups -OCH3 is 1. The highest BCUT2D eigenvalue weighted by molar-refractivity contribution is 6.32. The summed E-state index contributed by atoms with van der Waals surface area (Å²) >= 11 is 5.80. The second kappa shape index (κ2) is 9.33. The van der Waals surface area contributed by atoms with Gasteiger partial charge in [-0.25, -0.2) is 10.1 Å². The van der Waals surface area contributed by atoms with Crippen LogP contribution in [-0.4, -0.2) is 49.5 Å². The van der Waals surface area contributed by atoms with Crippen molar-refractivity contribution in [2.45, 2.75) is 0 Å². The van der Waals surface area contributed by atoms with E-state index in [1.165, 1.54) is 36.2 Å². The molecule has 2 aromatic carbocycles. The number of nitro groups is 1. The van der Waals surface area contributed by atoms with Gasteiger partial charge < -0.3 is 10.5 Å². The first-order valence-corrected chi connectivity index (χ1v) is 9.72. The molecule has 0 aliphatic rings. The lowest BCUT2D eigenvalue weighted by molar-refractivity contribution is -0.384. The van der Waals surface area contributed by atoms with E-state index in [4.69, 9.17) is 22.1 Å². The number of anilines is 1. The molecule has 34 heavy (non-hydrogen) atoms. The van der Waals surface area contributed by atoms with Gasteiger partial charge >= 0.3 is 0 Å². The molecule has 0 saturated carbocycles. The molecule has 1 amide bonds. The van der Waals surface area contributed by atoms with Crippen molar-refractivity contribution in [1.82, 2.24) is 30.7 Å². The molecule has 172 valence electrons. The first-order valence-electron chi connectivity index (χ1n) is 9.35. The van der Waals surface area contributed by atoms with E-state index < -0.39 is 10.8 Å². The second-order valence-electron chi connectivity index (χ2n) is 6.57. The summed E-state index contributed by atoms with van der Waals surface area (Å²) in [5.74, 6) is -0.242. The number of nitrogens with zero attached hydrogens (tertiary/aromatic N) is 7. The zero-order valence-corrected chi connectivity index (χ0v) is 18.0. The monoisotopic (exact) mass is 483 g/mol. The number of benzene rings is 2. The normalized spacial score (nSPS) is 11.0. The van der Waals surface area contributed by atoms with E-state index in [9.17, 15) is 14.9 Å². The first-order chi connectivity index (χ1) is 16.4. The van der Waals surface area contributed by atoms with Gasteiger partial charge in [-0.3, -0.25) is 14.9 Å². The number of amides is 1. The fourth-order valence-electron chi connectivity index (χ4n) is 2.92. The summed E-state index contributed by atoms with van der Waals surface area (Å²) < 4.78 is 11.1. The Labute approximate surface area is 195 Å². The zero-order chi connectivity index (χ0) is 24.2. The number of hydrazone groups is 1. The first kappa shape index (κ1) is 22.3. The predicted octanol–water partition coefficient (Wildman–Crippen LogP) is 2.23. The highest BCUT2D eigenvalue weighted by Crippen LogP contribution is 2.29. The molecule has 15 heteroatoms. The highest BCUT2D eigenvalue weighted by Gasteiger charge is 2.25. The van der Waals surface area contributed by atoms with Gasteiger partial charge in [0.15, 0.2) is 5.69 Å². The predicted molar refractivity (Wildman–Crippen MR) is 119 cm³/mol. The molecule has 0 spiro atoms. The maximum atomic E-state index is 12.9. The summed E-state index contributed by atoms with van der Waals surface area (Å²) in [6, 6.07) is 10.9. The van der Waals surface area contributed by atoms with Crippen molar-refractivity contribution in [2.24, 2.45) is 5.10 Å². The SMILES string of the molecule is COc1cccc(-c2c(C(=O)N/N=C/c3ccc(Cl)c([N+](=O)[O-])c3)nnn2-c2nonc2N)c1. The maximum Gasteiger partial charge on any atom is 0.294 e. The summed E-state index contributed by atoms with van der Waals surface area (Å²) in [7, 11) is 1.50. The van der Waals surface area contributed by atoms with Gasteiger partial charge in [0.05, 0.1) is 18.2 Å². The van der Waals surface area contributed by atoms with E-state index in [2.05, 4.69) is 35.8 Å². The Morgan fingerprint density at radius 2 is 2.15 bits per heavy atom. The minimum absolute atomic E-state index is 0.0210. The summed E-state index contributed by atoms with van der Waals surface area (Å²) in [6.07, 6.45) is 1.22. The van der Waals surface area contributed by atoms with Crippen LogP contribution in [0.4, 0.5) is 11.5 Å². The lowest BCUT2D eigenvalue weighted by Crippen LogP contribution is -2.19. The van der Waals surface area contributed by atoms with Crippen LogP contribution in [-0.2, 0) is 0 Å². The van der Waals surface area contributed by atoms with Crippen molar-refractivity contribution in [2.75, 3.05) is 12.8 Å². The molecule has 3 N–H and O–H groups in total. The van der Waals surface area contributed by atoms with E-state index >= 15 is 0 Å².